The van der Waals surface area contributed by atoms with Gasteiger partial charge in [-0.05, 0) is 37.0 Å². The highest BCUT2D eigenvalue weighted by molar-refractivity contribution is 6.30. The molecule has 0 spiro atoms. The molecule has 5 heteroatoms. The zero-order chi connectivity index (χ0) is 14.2. The van der Waals surface area contributed by atoms with Crippen LogP contribution in [0.25, 0.3) is 0 Å². The van der Waals surface area contributed by atoms with Crippen molar-refractivity contribution in [3.05, 3.63) is 34.9 Å². The summed E-state index contributed by atoms with van der Waals surface area (Å²) < 4.78 is 11.1. The van der Waals surface area contributed by atoms with E-state index in [1.807, 2.05) is 24.3 Å². The Bertz CT molecular complexity index is 396. The average molecular weight is 300 g/mol. The fraction of sp³-hybridized carbons (Fsp3) is 0.600. The van der Waals surface area contributed by atoms with E-state index in [-0.39, 0.29) is 18.9 Å². The molecule has 0 aliphatic carbocycles. The summed E-state index contributed by atoms with van der Waals surface area (Å²) in [5.41, 5.74) is 0.980. The maximum atomic E-state index is 9.45. The molecule has 2 rings (SSSR count). The first-order chi connectivity index (χ1) is 9.79. The van der Waals surface area contributed by atoms with Crippen LogP contribution in [-0.2, 0) is 9.47 Å². The normalized spacial score (nSPS) is 20.8. The Hall–Kier alpha value is -0.650. The molecule has 112 valence electrons. The van der Waals surface area contributed by atoms with E-state index in [1.54, 1.807) is 0 Å². The number of nitrogens with one attached hydrogen (secondary N) is 1. The van der Waals surface area contributed by atoms with Crippen LogP contribution in [0.4, 0.5) is 0 Å². The maximum Gasteiger partial charge on any atom is 0.157 e. The summed E-state index contributed by atoms with van der Waals surface area (Å²) in [6.07, 6.45) is 3.20. The Balaban J connectivity index is 1.71. The molecule has 1 saturated heterocycles. The van der Waals surface area contributed by atoms with Crippen LogP contribution in [0.3, 0.4) is 0 Å². The molecule has 0 bridgehead atoms. The van der Waals surface area contributed by atoms with Gasteiger partial charge in [0.1, 0.15) is 0 Å². The van der Waals surface area contributed by atoms with E-state index in [2.05, 4.69) is 5.32 Å². The molecule has 1 aliphatic heterocycles. The smallest absolute Gasteiger partial charge is 0.157 e. The predicted molar refractivity (Wildman–Crippen MR) is 78.8 cm³/mol. The van der Waals surface area contributed by atoms with Crippen LogP contribution in [0, 0.1) is 0 Å². The fourth-order valence-corrected chi connectivity index (χ4v) is 2.48. The van der Waals surface area contributed by atoms with Gasteiger partial charge in [0.05, 0.1) is 19.3 Å². The largest absolute Gasteiger partial charge is 0.394 e. The van der Waals surface area contributed by atoms with E-state index in [0.29, 0.717) is 18.2 Å². The SMILES string of the molecule is OCC(NCCOC1CCCCO1)c1cccc(Cl)c1. The Kier molecular flexibility index (Phi) is 6.76. The van der Waals surface area contributed by atoms with Gasteiger partial charge in [-0.25, -0.2) is 0 Å². The number of aliphatic hydroxyl groups is 1. The van der Waals surface area contributed by atoms with Gasteiger partial charge in [-0.1, -0.05) is 23.7 Å². The van der Waals surface area contributed by atoms with Crippen molar-refractivity contribution in [1.29, 1.82) is 0 Å². The molecule has 2 N–H and O–H groups in total. The van der Waals surface area contributed by atoms with Crippen molar-refractivity contribution in [1.82, 2.24) is 5.32 Å². The molecule has 20 heavy (non-hydrogen) atoms. The van der Waals surface area contributed by atoms with Gasteiger partial charge < -0.3 is 19.9 Å². The first-order valence-electron chi connectivity index (χ1n) is 7.12. The summed E-state index contributed by atoms with van der Waals surface area (Å²) in [6, 6.07) is 7.40. The van der Waals surface area contributed by atoms with Gasteiger partial charge in [0.25, 0.3) is 0 Å². The van der Waals surface area contributed by atoms with Crippen molar-refractivity contribution in [3.63, 3.8) is 0 Å². The van der Waals surface area contributed by atoms with Crippen molar-refractivity contribution in [2.24, 2.45) is 0 Å². The van der Waals surface area contributed by atoms with Gasteiger partial charge in [-0.15, -0.1) is 0 Å². The third-order valence-electron chi connectivity index (χ3n) is 3.37. The summed E-state index contributed by atoms with van der Waals surface area (Å²) in [6.45, 7) is 2.06. The van der Waals surface area contributed by atoms with Crippen molar-refractivity contribution >= 4 is 11.6 Å². The van der Waals surface area contributed by atoms with Crippen molar-refractivity contribution in [2.45, 2.75) is 31.6 Å². The van der Waals surface area contributed by atoms with Crippen molar-refractivity contribution < 1.29 is 14.6 Å². The molecule has 0 saturated carbocycles. The molecule has 0 radical (unpaired) electrons. The van der Waals surface area contributed by atoms with Gasteiger partial charge in [-0.3, -0.25) is 0 Å². The zero-order valence-corrected chi connectivity index (χ0v) is 12.3. The summed E-state index contributed by atoms with van der Waals surface area (Å²) in [4.78, 5) is 0. The molecule has 1 aliphatic rings. The molecular weight excluding hydrogens is 278 g/mol. The molecule has 1 aromatic carbocycles. The second-order valence-corrected chi connectivity index (χ2v) is 5.35. The number of aliphatic hydroxyl groups excluding tert-OH is 1. The second kappa shape index (κ2) is 8.60. The highest BCUT2D eigenvalue weighted by Crippen LogP contribution is 2.17. The van der Waals surface area contributed by atoms with Gasteiger partial charge in [0.15, 0.2) is 6.29 Å². The molecule has 0 amide bonds. The quantitative estimate of drug-likeness (QED) is 0.760. The summed E-state index contributed by atoms with van der Waals surface area (Å²) in [7, 11) is 0. The summed E-state index contributed by atoms with van der Waals surface area (Å²) >= 11 is 5.96. The van der Waals surface area contributed by atoms with E-state index < -0.39 is 0 Å². The maximum absolute atomic E-state index is 9.45. The number of halogens is 1. The highest BCUT2D eigenvalue weighted by Gasteiger charge is 2.14. The van der Waals surface area contributed by atoms with Gasteiger partial charge in [0.2, 0.25) is 0 Å². The minimum Gasteiger partial charge on any atom is -0.394 e. The lowest BCUT2D eigenvalue weighted by molar-refractivity contribution is -0.161. The highest BCUT2D eigenvalue weighted by atomic mass is 35.5. The Morgan fingerprint density at radius 1 is 1.45 bits per heavy atom. The Morgan fingerprint density at radius 2 is 2.35 bits per heavy atom. The van der Waals surface area contributed by atoms with Gasteiger partial charge >= 0.3 is 0 Å². The monoisotopic (exact) mass is 299 g/mol. The fourth-order valence-electron chi connectivity index (χ4n) is 2.28. The number of rotatable bonds is 7. The summed E-state index contributed by atoms with van der Waals surface area (Å²) in [5.74, 6) is 0. The van der Waals surface area contributed by atoms with Crippen molar-refractivity contribution in [2.75, 3.05) is 26.4 Å². The molecule has 4 nitrogen and oxygen atoms in total. The van der Waals surface area contributed by atoms with E-state index >= 15 is 0 Å². The van der Waals surface area contributed by atoms with E-state index in [4.69, 9.17) is 21.1 Å². The van der Waals surface area contributed by atoms with Crippen molar-refractivity contribution in [3.8, 4) is 0 Å². The minimum absolute atomic E-state index is 0.0280. The third-order valence-corrected chi connectivity index (χ3v) is 3.60. The number of benzene rings is 1. The van der Waals surface area contributed by atoms with E-state index in [0.717, 1.165) is 25.0 Å². The van der Waals surface area contributed by atoms with Crippen LogP contribution in [0.1, 0.15) is 30.9 Å². The molecule has 2 unspecified atom stereocenters. The lowest BCUT2D eigenvalue weighted by atomic mass is 10.1. The predicted octanol–water partition coefficient (Wildman–Crippen LogP) is 2.51. The van der Waals surface area contributed by atoms with Crippen LogP contribution in [-0.4, -0.2) is 37.8 Å². The Labute approximate surface area is 125 Å². The molecule has 0 aromatic heterocycles. The standard InChI is InChI=1S/C15H22ClNO3/c16-13-5-3-4-12(10-13)14(11-18)17-7-9-20-15-6-1-2-8-19-15/h3-5,10,14-15,17-18H,1-2,6-9,11H2. The molecular formula is C15H22ClNO3. The van der Waals surface area contributed by atoms with Gasteiger partial charge in [-0.2, -0.15) is 0 Å². The third kappa shape index (κ3) is 5.04. The first kappa shape index (κ1) is 15.7. The molecule has 1 heterocycles. The van der Waals surface area contributed by atoms with E-state index in [9.17, 15) is 5.11 Å². The lowest BCUT2D eigenvalue weighted by Gasteiger charge is -2.23. The lowest BCUT2D eigenvalue weighted by Crippen LogP contribution is -2.30. The van der Waals surface area contributed by atoms with Crippen LogP contribution >= 0.6 is 11.6 Å². The molecule has 2 atom stereocenters. The number of ether oxygens (including phenoxy) is 2. The van der Waals surface area contributed by atoms with Crippen LogP contribution in [0.5, 0.6) is 0 Å². The second-order valence-electron chi connectivity index (χ2n) is 4.91. The average Bonchev–Trinajstić information content (AvgIpc) is 2.48. The van der Waals surface area contributed by atoms with Crippen LogP contribution < -0.4 is 5.32 Å². The van der Waals surface area contributed by atoms with Crippen LogP contribution in [0.2, 0.25) is 5.02 Å². The minimum atomic E-state index is -0.121. The Morgan fingerprint density at radius 3 is 3.05 bits per heavy atom. The van der Waals surface area contributed by atoms with E-state index in [1.165, 1.54) is 6.42 Å². The first-order valence-corrected chi connectivity index (χ1v) is 7.50. The zero-order valence-electron chi connectivity index (χ0n) is 11.6. The molecule has 1 fully saturated rings. The topological polar surface area (TPSA) is 50.7 Å². The number of hydrogen-bond acceptors (Lipinski definition) is 4. The molecule has 1 aromatic rings. The van der Waals surface area contributed by atoms with Gasteiger partial charge in [0, 0.05) is 18.2 Å². The van der Waals surface area contributed by atoms with Crippen LogP contribution in [0.15, 0.2) is 24.3 Å². The number of hydrogen-bond donors (Lipinski definition) is 2. The summed E-state index contributed by atoms with van der Waals surface area (Å²) in [5, 5.41) is 13.4.